The molecule has 0 fully saturated rings. The van der Waals surface area contributed by atoms with Gasteiger partial charge in [-0.25, -0.2) is 4.98 Å². The van der Waals surface area contributed by atoms with Gasteiger partial charge in [-0.1, -0.05) is 23.7 Å². The van der Waals surface area contributed by atoms with Crippen LogP contribution in [0.2, 0.25) is 5.02 Å². The summed E-state index contributed by atoms with van der Waals surface area (Å²) in [5, 5.41) is 6.46. The molecule has 3 rings (SSSR count). The van der Waals surface area contributed by atoms with Gasteiger partial charge in [0.2, 0.25) is 0 Å². The number of nitrogens with zero attached hydrogens (tertiary/aromatic N) is 1. The Morgan fingerprint density at radius 3 is 2.50 bits per heavy atom. The van der Waals surface area contributed by atoms with Gasteiger partial charge in [-0.15, -0.1) is 0 Å². The number of halogens is 1. The molecule has 0 atom stereocenters. The standard InChI is InChI=1S/C21H20ClN3O3/c1-27-17-6-3-14(4-7-17)13-24-20-11-15(9-10-23-20)21(26)25-16-5-8-19(28-2)18(22)12-16/h3-12H,13H2,1-2H3,(H,23,24)(H,25,26). The molecule has 2 N–H and O–H groups in total. The number of amides is 1. The zero-order valence-corrected chi connectivity index (χ0v) is 16.3. The third-order valence-corrected chi connectivity index (χ3v) is 4.36. The number of ether oxygens (including phenoxy) is 2. The summed E-state index contributed by atoms with van der Waals surface area (Å²) in [6, 6.07) is 16.2. The van der Waals surface area contributed by atoms with Gasteiger partial charge in [-0.3, -0.25) is 4.79 Å². The van der Waals surface area contributed by atoms with Gasteiger partial charge in [0, 0.05) is 24.0 Å². The van der Waals surface area contributed by atoms with E-state index in [0.717, 1.165) is 11.3 Å². The third-order valence-electron chi connectivity index (χ3n) is 4.06. The molecule has 0 spiro atoms. The number of pyridine rings is 1. The smallest absolute Gasteiger partial charge is 0.255 e. The molecule has 0 bridgehead atoms. The first-order valence-electron chi connectivity index (χ1n) is 8.57. The molecule has 1 heterocycles. The molecule has 0 aliphatic rings. The maximum atomic E-state index is 12.5. The van der Waals surface area contributed by atoms with Gasteiger partial charge in [-0.2, -0.15) is 0 Å². The average molecular weight is 398 g/mol. The minimum atomic E-state index is -0.254. The first-order chi connectivity index (χ1) is 13.6. The molecular formula is C21H20ClN3O3. The van der Waals surface area contributed by atoms with Gasteiger partial charge >= 0.3 is 0 Å². The average Bonchev–Trinajstić information content (AvgIpc) is 2.73. The Morgan fingerprint density at radius 1 is 1.04 bits per heavy atom. The highest BCUT2D eigenvalue weighted by Gasteiger charge is 2.09. The van der Waals surface area contributed by atoms with Crippen molar-refractivity contribution in [2.45, 2.75) is 6.54 Å². The zero-order chi connectivity index (χ0) is 19.9. The molecule has 0 saturated carbocycles. The van der Waals surface area contributed by atoms with Crippen LogP contribution in [0, 0.1) is 0 Å². The van der Waals surface area contributed by atoms with Crippen LogP contribution in [-0.4, -0.2) is 25.1 Å². The SMILES string of the molecule is COc1ccc(CNc2cc(C(=O)Nc3ccc(OC)c(Cl)c3)ccn2)cc1. The van der Waals surface area contributed by atoms with E-state index >= 15 is 0 Å². The molecular weight excluding hydrogens is 378 g/mol. The first kappa shape index (κ1) is 19.5. The Hall–Kier alpha value is -3.25. The van der Waals surface area contributed by atoms with E-state index < -0.39 is 0 Å². The fourth-order valence-corrected chi connectivity index (χ4v) is 2.81. The highest BCUT2D eigenvalue weighted by atomic mass is 35.5. The minimum absolute atomic E-state index is 0.254. The van der Waals surface area contributed by atoms with E-state index in [1.54, 1.807) is 43.6 Å². The van der Waals surface area contributed by atoms with Crippen LogP contribution in [0.1, 0.15) is 15.9 Å². The van der Waals surface area contributed by atoms with Crippen LogP contribution in [0.3, 0.4) is 0 Å². The normalized spacial score (nSPS) is 10.2. The number of anilines is 2. The molecule has 7 heteroatoms. The Bertz CT molecular complexity index is 961. The van der Waals surface area contributed by atoms with Gasteiger partial charge in [0.15, 0.2) is 0 Å². The van der Waals surface area contributed by atoms with Crippen LogP contribution >= 0.6 is 11.6 Å². The largest absolute Gasteiger partial charge is 0.497 e. The van der Waals surface area contributed by atoms with Crippen molar-refractivity contribution in [3.63, 3.8) is 0 Å². The van der Waals surface area contributed by atoms with Crippen molar-refractivity contribution in [3.8, 4) is 11.5 Å². The predicted octanol–water partition coefficient (Wildman–Crippen LogP) is 4.62. The molecule has 0 radical (unpaired) electrons. The highest BCUT2D eigenvalue weighted by Crippen LogP contribution is 2.27. The van der Waals surface area contributed by atoms with Crippen molar-refractivity contribution in [3.05, 3.63) is 76.9 Å². The van der Waals surface area contributed by atoms with Gasteiger partial charge in [0.25, 0.3) is 5.91 Å². The lowest BCUT2D eigenvalue weighted by Gasteiger charge is -2.10. The molecule has 3 aromatic rings. The molecule has 0 saturated heterocycles. The molecule has 1 aromatic heterocycles. The summed E-state index contributed by atoms with van der Waals surface area (Å²) in [7, 11) is 3.17. The topological polar surface area (TPSA) is 72.5 Å². The number of rotatable bonds is 7. The fraction of sp³-hybridized carbons (Fsp3) is 0.143. The summed E-state index contributed by atoms with van der Waals surface area (Å²) in [4.78, 5) is 16.8. The van der Waals surface area contributed by atoms with Crippen LogP contribution in [0.15, 0.2) is 60.8 Å². The molecule has 0 unspecified atom stereocenters. The molecule has 28 heavy (non-hydrogen) atoms. The highest BCUT2D eigenvalue weighted by molar-refractivity contribution is 6.32. The molecule has 1 amide bonds. The number of carbonyl (C=O) groups excluding carboxylic acids is 1. The second kappa shape index (κ2) is 9.10. The Balaban J connectivity index is 1.64. The quantitative estimate of drug-likeness (QED) is 0.608. The van der Waals surface area contributed by atoms with E-state index in [0.29, 0.717) is 34.4 Å². The Kier molecular flexibility index (Phi) is 6.34. The van der Waals surface area contributed by atoms with E-state index in [1.807, 2.05) is 24.3 Å². The lowest BCUT2D eigenvalue weighted by molar-refractivity contribution is 0.102. The second-order valence-corrected chi connectivity index (χ2v) is 6.34. The monoisotopic (exact) mass is 397 g/mol. The van der Waals surface area contributed by atoms with Crippen molar-refractivity contribution >= 4 is 29.0 Å². The van der Waals surface area contributed by atoms with Crippen LogP contribution in [-0.2, 0) is 6.54 Å². The second-order valence-electron chi connectivity index (χ2n) is 5.93. The van der Waals surface area contributed by atoms with E-state index in [1.165, 1.54) is 7.11 Å². The van der Waals surface area contributed by atoms with Crippen LogP contribution in [0.5, 0.6) is 11.5 Å². The van der Waals surface area contributed by atoms with E-state index in [9.17, 15) is 4.79 Å². The molecule has 144 valence electrons. The van der Waals surface area contributed by atoms with Crippen LogP contribution in [0.25, 0.3) is 0 Å². The van der Waals surface area contributed by atoms with E-state index in [2.05, 4.69) is 15.6 Å². The predicted molar refractivity (Wildman–Crippen MR) is 111 cm³/mol. The third kappa shape index (κ3) is 4.92. The summed E-state index contributed by atoms with van der Waals surface area (Å²) in [6.45, 7) is 0.580. The van der Waals surface area contributed by atoms with Crippen molar-refractivity contribution in [2.24, 2.45) is 0 Å². The van der Waals surface area contributed by atoms with Gasteiger partial charge in [-0.05, 0) is 48.0 Å². The number of methoxy groups -OCH3 is 2. The fourth-order valence-electron chi connectivity index (χ4n) is 2.55. The Labute approximate surface area is 168 Å². The number of carbonyl (C=O) groups is 1. The number of nitrogens with one attached hydrogen (secondary N) is 2. The van der Waals surface area contributed by atoms with Crippen LogP contribution in [0.4, 0.5) is 11.5 Å². The molecule has 2 aromatic carbocycles. The number of hydrogen-bond donors (Lipinski definition) is 2. The molecule has 0 aliphatic carbocycles. The zero-order valence-electron chi connectivity index (χ0n) is 15.5. The van der Waals surface area contributed by atoms with Gasteiger partial charge < -0.3 is 20.1 Å². The number of benzene rings is 2. The molecule has 6 nitrogen and oxygen atoms in total. The van der Waals surface area contributed by atoms with E-state index in [4.69, 9.17) is 21.1 Å². The lowest BCUT2D eigenvalue weighted by atomic mass is 10.2. The van der Waals surface area contributed by atoms with Gasteiger partial charge in [0.05, 0.1) is 19.2 Å². The minimum Gasteiger partial charge on any atom is -0.497 e. The summed E-state index contributed by atoms with van der Waals surface area (Å²) in [5.74, 6) is 1.71. The summed E-state index contributed by atoms with van der Waals surface area (Å²) in [5.41, 5.74) is 2.14. The van der Waals surface area contributed by atoms with Crippen molar-refractivity contribution in [1.82, 2.24) is 4.98 Å². The number of aromatic nitrogens is 1. The number of hydrogen-bond acceptors (Lipinski definition) is 5. The van der Waals surface area contributed by atoms with Gasteiger partial charge in [0.1, 0.15) is 17.3 Å². The van der Waals surface area contributed by atoms with Crippen molar-refractivity contribution < 1.29 is 14.3 Å². The van der Waals surface area contributed by atoms with Crippen molar-refractivity contribution in [2.75, 3.05) is 24.9 Å². The lowest BCUT2D eigenvalue weighted by Crippen LogP contribution is -2.13. The van der Waals surface area contributed by atoms with E-state index in [-0.39, 0.29) is 5.91 Å². The first-order valence-corrected chi connectivity index (χ1v) is 8.94. The summed E-state index contributed by atoms with van der Waals surface area (Å²) < 4.78 is 10.3. The maximum Gasteiger partial charge on any atom is 0.255 e. The van der Waals surface area contributed by atoms with Crippen LogP contribution < -0.4 is 20.1 Å². The Morgan fingerprint density at radius 2 is 1.82 bits per heavy atom. The maximum absolute atomic E-state index is 12.5. The van der Waals surface area contributed by atoms with Crippen molar-refractivity contribution in [1.29, 1.82) is 0 Å². The molecule has 0 aliphatic heterocycles. The summed E-state index contributed by atoms with van der Waals surface area (Å²) >= 11 is 6.10. The summed E-state index contributed by atoms with van der Waals surface area (Å²) in [6.07, 6.45) is 1.59.